The largest absolute Gasteiger partial charge is 0.494 e. The molecule has 3 rings (SSSR count). The van der Waals surface area contributed by atoms with Crippen molar-refractivity contribution >= 4 is 22.0 Å². The number of hydrogen-bond acceptors (Lipinski definition) is 4. The maximum absolute atomic E-state index is 13.7. The number of aryl methyl sites for hydroxylation is 1. The van der Waals surface area contributed by atoms with Gasteiger partial charge in [-0.1, -0.05) is 23.8 Å². The monoisotopic (exact) mass is 418 g/mol. The van der Waals surface area contributed by atoms with E-state index in [1.807, 2.05) is 6.92 Å². The zero-order valence-electron chi connectivity index (χ0n) is 16.3. The molecule has 1 fully saturated rings. The smallest absolute Gasteiger partial charge is 0.246 e. The van der Waals surface area contributed by atoms with E-state index < -0.39 is 15.8 Å². The fourth-order valence-electron chi connectivity index (χ4n) is 3.07. The first-order chi connectivity index (χ1) is 13.8. The lowest BCUT2D eigenvalue weighted by Gasteiger charge is -2.33. The molecule has 1 amide bonds. The van der Waals surface area contributed by atoms with Gasteiger partial charge in [0.2, 0.25) is 15.9 Å². The molecule has 0 aromatic heterocycles. The Balaban J connectivity index is 1.60. The van der Waals surface area contributed by atoms with Crippen LogP contribution in [0.2, 0.25) is 0 Å². The van der Waals surface area contributed by atoms with Gasteiger partial charge in [-0.3, -0.25) is 4.79 Å². The van der Waals surface area contributed by atoms with E-state index in [2.05, 4.69) is 0 Å². The van der Waals surface area contributed by atoms with Crippen LogP contribution in [0.4, 0.5) is 4.39 Å². The van der Waals surface area contributed by atoms with Crippen molar-refractivity contribution in [2.75, 3.05) is 33.3 Å². The van der Waals surface area contributed by atoms with Gasteiger partial charge in [0.1, 0.15) is 0 Å². The maximum atomic E-state index is 13.7. The summed E-state index contributed by atoms with van der Waals surface area (Å²) in [6.07, 6.45) is 2.89. The second-order valence-corrected chi connectivity index (χ2v) is 8.71. The molecule has 0 spiro atoms. The Labute approximate surface area is 170 Å². The molecule has 154 valence electrons. The van der Waals surface area contributed by atoms with Gasteiger partial charge >= 0.3 is 0 Å². The van der Waals surface area contributed by atoms with Crippen molar-refractivity contribution < 1.29 is 22.3 Å². The minimum atomic E-state index is -3.57. The number of sulfonamides is 1. The van der Waals surface area contributed by atoms with E-state index in [1.54, 1.807) is 35.2 Å². The van der Waals surface area contributed by atoms with E-state index >= 15 is 0 Å². The van der Waals surface area contributed by atoms with Crippen LogP contribution in [-0.4, -0.2) is 56.8 Å². The van der Waals surface area contributed by atoms with Gasteiger partial charge in [-0.05, 0) is 42.8 Å². The Morgan fingerprint density at radius 1 is 1.07 bits per heavy atom. The lowest BCUT2D eigenvalue weighted by atomic mass is 10.2. The van der Waals surface area contributed by atoms with E-state index in [4.69, 9.17) is 4.74 Å². The molecular formula is C21H23FN2O4S. The van der Waals surface area contributed by atoms with Gasteiger partial charge in [0, 0.05) is 32.3 Å². The first-order valence-corrected chi connectivity index (χ1v) is 10.6. The summed E-state index contributed by atoms with van der Waals surface area (Å²) in [7, 11) is -2.19. The van der Waals surface area contributed by atoms with Gasteiger partial charge in [-0.25, -0.2) is 12.8 Å². The number of benzene rings is 2. The molecule has 0 atom stereocenters. The highest BCUT2D eigenvalue weighted by molar-refractivity contribution is 7.89. The highest BCUT2D eigenvalue weighted by Gasteiger charge is 2.29. The third-order valence-corrected chi connectivity index (χ3v) is 6.72. The number of carbonyl (C=O) groups excluding carboxylic acids is 1. The Hall–Kier alpha value is -2.71. The quantitative estimate of drug-likeness (QED) is 0.701. The highest BCUT2D eigenvalue weighted by Crippen LogP contribution is 2.20. The third-order valence-electron chi connectivity index (χ3n) is 4.80. The standard InChI is InChI=1S/C21H23FN2O4S/c1-16-3-7-18(8-4-16)29(26,27)24-13-11-23(12-14-24)21(25)10-6-17-5-9-20(28-2)19(22)15-17/h3-10,15H,11-14H2,1-2H3/b10-6+. The van der Waals surface area contributed by atoms with Crippen LogP contribution in [0.25, 0.3) is 6.08 Å². The summed E-state index contributed by atoms with van der Waals surface area (Å²) in [5.74, 6) is -0.606. The van der Waals surface area contributed by atoms with Crippen LogP contribution < -0.4 is 4.74 Å². The molecule has 0 bridgehead atoms. The van der Waals surface area contributed by atoms with Crippen molar-refractivity contribution in [2.45, 2.75) is 11.8 Å². The lowest BCUT2D eigenvalue weighted by Crippen LogP contribution is -2.50. The van der Waals surface area contributed by atoms with Crippen molar-refractivity contribution in [2.24, 2.45) is 0 Å². The molecule has 1 heterocycles. The van der Waals surface area contributed by atoms with E-state index in [-0.39, 0.29) is 29.6 Å². The van der Waals surface area contributed by atoms with Crippen molar-refractivity contribution in [1.82, 2.24) is 9.21 Å². The summed E-state index contributed by atoms with van der Waals surface area (Å²) in [4.78, 5) is 14.2. The van der Waals surface area contributed by atoms with Crippen molar-refractivity contribution in [3.05, 3.63) is 65.5 Å². The first kappa shape index (κ1) is 21.0. The Morgan fingerprint density at radius 3 is 2.31 bits per heavy atom. The van der Waals surface area contributed by atoms with Crippen LogP contribution in [0, 0.1) is 12.7 Å². The molecule has 0 saturated carbocycles. The van der Waals surface area contributed by atoms with E-state index in [9.17, 15) is 17.6 Å². The predicted molar refractivity (Wildman–Crippen MR) is 109 cm³/mol. The van der Waals surface area contributed by atoms with Crippen LogP contribution in [0.5, 0.6) is 5.75 Å². The number of methoxy groups -OCH3 is 1. The van der Waals surface area contributed by atoms with Crippen molar-refractivity contribution in [1.29, 1.82) is 0 Å². The van der Waals surface area contributed by atoms with E-state index in [1.165, 1.54) is 35.7 Å². The molecular weight excluding hydrogens is 395 g/mol. The number of ether oxygens (including phenoxy) is 1. The normalized spacial score (nSPS) is 15.6. The molecule has 0 radical (unpaired) electrons. The highest BCUT2D eigenvalue weighted by atomic mass is 32.2. The fourth-order valence-corrected chi connectivity index (χ4v) is 4.49. The summed E-state index contributed by atoms with van der Waals surface area (Å²) in [6, 6.07) is 11.2. The zero-order valence-corrected chi connectivity index (χ0v) is 17.2. The number of carbonyl (C=O) groups is 1. The number of piperazine rings is 1. The minimum absolute atomic E-state index is 0.138. The Morgan fingerprint density at radius 2 is 1.72 bits per heavy atom. The number of halogens is 1. The van der Waals surface area contributed by atoms with Crippen molar-refractivity contribution in [3.8, 4) is 5.75 Å². The molecule has 0 aliphatic carbocycles. The molecule has 2 aromatic rings. The molecule has 2 aromatic carbocycles. The topological polar surface area (TPSA) is 66.9 Å². The van der Waals surface area contributed by atoms with Crippen LogP contribution in [0.15, 0.2) is 53.4 Å². The van der Waals surface area contributed by atoms with E-state index in [0.29, 0.717) is 18.7 Å². The zero-order chi connectivity index (χ0) is 21.0. The SMILES string of the molecule is COc1ccc(/C=C/C(=O)N2CCN(S(=O)(=O)c3ccc(C)cc3)CC2)cc1F. The van der Waals surface area contributed by atoms with E-state index in [0.717, 1.165) is 5.56 Å². The van der Waals surface area contributed by atoms with Crippen LogP contribution >= 0.6 is 0 Å². The Kier molecular flexibility index (Phi) is 6.34. The van der Waals surface area contributed by atoms with Crippen molar-refractivity contribution in [3.63, 3.8) is 0 Å². The van der Waals surface area contributed by atoms with Gasteiger partial charge in [0.15, 0.2) is 11.6 Å². The second kappa shape index (κ2) is 8.75. The molecule has 29 heavy (non-hydrogen) atoms. The van der Waals surface area contributed by atoms with Gasteiger partial charge < -0.3 is 9.64 Å². The Bertz CT molecular complexity index is 1010. The minimum Gasteiger partial charge on any atom is -0.494 e. The molecule has 8 heteroatoms. The summed E-state index contributed by atoms with van der Waals surface area (Å²) < 4.78 is 45.5. The average Bonchev–Trinajstić information content (AvgIpc) is 2.72. The molecule has 0 N–H and O–H groups in total. The van der Waals surface area contributed by atoms with Gasteiger partial charge in [-0.2, -0.15) is 4.31 Å². The molecule has 6 nitrogen and oxygen atoms in total. The van der Waals surface area contributed by atoms with Crippen LogP contribution in [0.3, 0.4) is 0 Å². The molecule has 1 aliphatic rings. The third kappa shape index (κ3) is 4.83. The number of nitrogens with zero attached hydrogens (tertiary/aromatic N) is 2. The second-order valence-electron chi connectivity index (χ2n) is 6.77. The summed E-state index contributed by atoms with van der Waals surface area (Å²) in [5, 5.41) is 0. The predicted octanol–water partition coefficient (Wildman–Crippen LogP) is 2.69. The number of amides is 1. The number of hydrogen-bond donors (Lipinski definition) is 0. The van der Waals surface area contributed by atoms with Crippen LogP contribution in [0.1, 0.15) is 11.1 Å². The summed E-state index contributed by atoms with van der Waals surface area (Å²) >= 11 is 0. The lowest BCUT2D eigenvalue weighted by molar-refractivity contribution is -0.127. The molecule has 0 unspecified atom stereocenters. The fraction of sp³-hybridized carbons (Fsp3) is 0.286. The van der Waals surface area contributed by atoms with Gasteiger partial charge in [0.05, 0.1) is 12.0 Å². The molecule has 1 saturated heterocycles. The van der Waals surface area contributed by atoms with Gasteiger partial charge in [-0.15, -0.1) is 0 Å². The molecule has 1 aliphatic heterocycles. The summed E-state index contributed by atoms with van der Waals surface area (Å²) in [6.45, 7) is 2.95. The van der Waals surface area contributed by atoms with Gasteiger partial charge in [0.25, 0.3) is 0 Å². The average molecular weight is 418 g/mol. The summed E-state index contributed by atoms with van der Waals surface area (Å²) in [5.41, 5.74) is 1.53. The maximum Gasteiger partial charge on any atom is 0.246 e. The number of rotatable bonds is 5. The first-order valence-electron chi connectivity index (χ1n) is 9.18. The van der Waals surface area contributed by atoms with Crippen LogP contribution in [-0.2, 0) is 14.8 Å².